The van der Waals surface area contributed by atoms with Crippen molar-refractivity contribution < 1.29 is 9.59 Å². The van der Waals surface area contributed by atoms with Crippen LogP contribution in [0.4, 0.5) is 0 Å². The highest BCUT2D eigenvalue weighted by atomic mass is 35.5. The van der Waals surface area contributed by atoms with Crippen molar-refractivity contribution in [3.63, 3.8) is 0 Å². The summed E-state index contributed by atoms with van der Waals surface area (Å²) >= 11 is 14.8. The van der Waals surface area contributed by atoms with Gasteiger partial charge in [0.05, 0.1) is 14.8 Å². The molecule has 0 aromatic heterocycles. The molecule has 0 amide bonds. The lowest BCUT2D eigenvalue weighted by molar-refractivity contribution is -0.116. The van der Waals surface area contributed by atoms with E-state index in [0.29, 0.717) is 10.6 Å². The average molecular weight is 361 g/mol. The van der Waals surface area contributed by atoms with E-state index in [-0.39, 0.29) is 28.1 Å². The predicted molar refractivity (Wildman–Crippen MR) is 92.6 cm³/mol. The summed E-state index contributed by atoms with van der Waals surface area (Å²) in [5, 5.41) is 0.737. The molecule has 0 aliphatic heterocycles. The van der Waals surface area contributed by atoms with Crippen molar-refractivity contribution in [2.75, 3.05) is 12.5 Å². The summed E-state index contributed by atoms with van der Waals surface area (Å²) in [6.45, 7) is 0. The molecule has 21 heavy (non-hydrogen) atoms. The van der Waals surface area contributed by atoms with E-state index in [9.17, 15) is 9.59 Å². The van der Waals surface area contributed by atoms with Crippen LogP contribution in [0.5, 0.6) is 0 Å². The van der Waals surface area contributed by atoms with Gasteiger partial charge in [-0.1, -0.05) is 23.2 Å². The zero-order chi connectivity index (χ0) is 15.6. The Kier molecular flexibility index (Phi) is 5.83. The Morgan fingerprint density at radius 1 is 1.14 bits per heavy atom. The number of hydrogen-bond acceptors (Lipinski definition) is 4. The minimum Gasteiger partial charge on any atom is -0.294 e. The van der Waals surface area contributed by atoms with Gasteiger partial charge in [-0.3, -0.25) is 9.59 Å². The third-order valence-electron chi connectivity index (χ3n) is 3.17. The minimum atomic E-state index is -0.313. The van der Waals surface area contributed by atoms with Crippen LogP contribution in [0.2, 0.25) is 10.0 Å². The van der Waals surface area contributed by atoms with E-state index in [4.69, 9.17) is 23.2 Å². The smallest absolute Gasteiger partial charge is 0.199 e. The maximum absolute atomic E-state index is 12.8. The SMILES string of the molecule is CSC(SC)=C(C(=O)c1ccc(Cl)cc1Cl)C(=O)C1CC1. The molecule has 0 saturated heterocycles. The molecule has 0 N–H and O–H groups in total. The molecular formula is C15H14Cl2O2S2. The van der Waals surface area contributed by atoms with Crippen LogP contribution in [0.25, 0.3) is 0 Å². The Labute approximate surface area is 142 Å². The summed E-state index contributed by atoms with van der Waals surface area (Å²) in [4.78, 5) is 25.3. The molecular weight excluding hydrogens is 347 g/mol. The van der Waals surface area contributed by atoms with Crippen molar-refractivity contribution in [2.45, 2.75) is 12.8 Å². The largest absolute Gasteiger partial charge is 0.294 e. The summed E-state index contributed by atoms with van der Waals surface area (Å²) in [5.41, 5.74) is 0.590. The number of benzene rings is 1. The molecule has 0 bridgehead atoms. The number of thioether (sulfide) groups is 2. The van der Waals surface area contributed by atoms with Crippen molar-refractivity contribution in [1.82, 2.24) is 0 Å². The third kappa shape index (κ3) is 3.86. The van der Waals surface area contributed by atoms with Crippen molar-refractivity contribution in [3.8, 4) is 0 Å². The first-order valence-corrected chi connectivity index (χ1v) is 9.56. The summed E-state index contributed by atoms with van der Waals surface area (Å²) < 4.78 is 0.739. The Balaban J connectivity index is 2.47. The van der Waals surface area contributed by atoms with Gasteiger partial charge in [-0.2, -0.15) is 0 Å². The van der Waals surface area contributed by atoms with Gasteiger partial charge in [-0.05, 0) is 43.6 Å². The highest BCUT2D eigenvalue weighted by molar-refractivity contribution is 8.21. The highest BCUT2D eigenvalue weighted by Gasteiger charge is 2.36. The molecule has 6 heteroatoms. The van der Waals surface area contributed by atoms with Crippen LogP contribution in [0, 0.1) is 5.92 Å². The molecule has 0 unspecified atom stereocenters. The second-order valence-electron chi connectivity index (χ2n) is 4.66. The lowest BCUT2D eigenvalue weighted by Gasteiger charge is -2.11. The lowest BCUT2D eigenvalue weighted by Crippen LogP contribution is -2.16. The van der Waals surface area contributed by atoms with Crippen molar-refractivity contribution in [2.24, 2.45) is 5.92 Å². The summed E-state index contributed by atoms with van der Waals surface area (Å²) in [6.07, 6.45) is 5.45. The predicted octanol–water partition coefficient (Wildman–Crippen LogP) is 5.09. The molecule has 1 fully saturated rings. The minimum absolute atomic E-state index is 0.00988. The van der Waals surface area contributed by atoms with Gasteiger partial charge < -0.3 is 0 Å². The molecule has 2 nitrogen and oxygen atoms in total. The molecule has 2 rings (SSSR count). The van der Waals surface area contributed by atoms with E-state index in [1.165, 1.54) is 29.6 Å². The van der Waals surface area contributed by atoms with E-state index in [1.807, 2.05) is 12.5 Å². The first-order valence-electron chi connectivity index (χ1n) is 6.35. The Morgan fingerprint density at radius 3 is 2.24 bits per heavy atom. The van der Waals surface area contributed by atoms with Crippen LogP contribution in [-0.2, 0) is 4.79 Å². The topological polar surface area (TPSA) is 34.1 Å². The lowest BCUT2D eigenvalue weighted by atomic mass is 9.99. The highest BCUT2D eigenvalue weighted by Crippen LogP contribution is 2.38. The second kappa shape index (κ2) is 7.23. The van der Waals surface area contributed by atoms with Gasteiger partial charge >= 0.3 is 0 Å². The van der Waals surface area contributed by atoms with Crippen LogP contribution in [0.1, 0.15) is 23.2 Å². The van der Waals surface area contributed by atoms with Gasteiger partial charge in [0, 0.05) is 16.5 Å². The van der Waals surface area contributed by atoms with Gasteiger partial charge in [0.2, 0.25) is 0 Å². The molecule has 1 saturated carbocycles. The maximum atomic E-state index is 12.8. The van der Waals surface area contributed by atoms with E-state index >= 15 is 0 Å². The number of rotatable bonds is 6. The van der Waals surface area contributed by atoms with E-state index in [2.05, 4.69) is 0 Å². The summed E-state index contributed by atoms with van der Waals surface area (Å²) in [5.74, 6) is -0.388. The number of Topliss-reactive ketones (excluding diaryl/α,β-unsaturated/α-hetero) is 2. The quantitative estimate of drug-likeness (QED) is 0.306. The summed E-state index contributed by atoms with van der Waals surface area (Å²) in [6, 6.07) is 4.70. The zero-order valence-corrected chi connectivity index (χ0v) is 14.8. The van der Waals surface area contributed by atoms with Crippen molar-refractivity contribution in [1.29, 1.82) is 0 Å². The fraction of sp³-hybridized carbons (Fsp3) is 0.333. The Morgan fingerprint density at radius 2 is 1.76 bits per heavy atom. The first kappa shape index (κ1) is 16.9. The van der Waals surface area contributed by atoms with Crippen LogP contribution < -0.4 is 0 Å². The van der Waals surface area contributed by atoms with Gasteiger partial charge in [0.1, 0.15) is 0 Å². The average Bonchev–Trinajstić information content (AvgIpc) is 3.28. The molecule has 0 heterocycles. The second-order valence-corrected chi connectivity index (χ2v) is 7.40. The monoisotopic (exact) mass is 360 g/mol. The first-order chi connectivity index (χ1) is 9.99. The van der Waals surface area contributed by atoms with E-state index in [1.54, 1.807) is 12.1 Å². The van der Waals surface area contributed by atoms with Gasteiger partial charge in [-0.15, -0.1) is 23.5 Å². The van der Waals surface area contributed by atoms with Crippen LogP contribution >= 0.6 is 46.7 Å². The number of halogens is 2. The van der Waals surface area contributed by atoms with E-state index < -0.39 is 0 Å². The molecule has 0 atom stereocenters. The number of carbonyl (C=O) groups is 2. The van der Waals surface area contributed by atoms with Gasteiger partial charge in [0.25, 0.3) is 0 Å². The fourth-order valence-corrected chi connectivity index (χ4v) is 3.91. The van der Waals surface area contributed by atoms with Crippen LogP contribution in [0.15, 0.2) is 28.0 Å². The number of hydrogen-bond donors (Lipinski definition) is 0. The number of allylic oxidation sites excluding steroid dienone is 1. The Hall–Kier alpha value is -0.420. The molecule has 1 aliphatic rings. The fourth-order valence-electron chi connectivity index (χ4n) is 1.95. The molecule has 1 aromatic rings. The van der Waals surface area contributed by atoms with E-state index in [0.717, 1.165) is 17.1 Å². The van der Waals surface area contributed by atoms with Crippen LogP contribution in [0.3, 0.4) is 0 Å². The van der Waals surface area contributed by atoms with Gasteiger partial charge in [0.15, 0.2) is 11.6 Å². The van der Waals surface area contributed by atoms with Crippen LogP contribution in [-0.4, -0.2) is 24.1 Å². The molecule has 0 spiro atoms. The van der Waals surface area contributed by atoms with Crippen molar-refractivity contribution in [3.05, 3.63) is 43.6 Å². The number of ketones is 2. The zero-order valence-electron chi connectivity index (χ0n) is 11.6. The maximum Gasteiger partial charge on any atom is 0.199 e. The molecule has 1 aliphatic carbocycles. The molecule has 0 radical (unpaired) electrons. The Bertz CT molecular complexity index is 616. The third-order valence-corrected chi connectivity index (χ3v) is 5.87. The van der Waals surface area contributed by atoms with Crippen molar-refractivity contribution >= 4 is 58.3 Å². The normalized spacial score (nSPS) is 13.9. The summed E-state index contributed by atoms with van der Waals surface area (Å²) in [7, 11) is 0. The van der Waals surface area contributed by atoms with Gasteiger partial charge in [-0.25, -0.2) is 0 Å². The molecule has 112 valence electrons. The number of carbonyl (C=O) groups excluding carboxylic acids is 2. The standard InChI is InChI=1S/C15H14Cl2O2S2/c1-20-15(21-2)12(13(18)8-3-4-8)14(19)10-6-5-9(16)7-11(10)17/h5-8H,3-4H2,1-2H3. The molecule has 1 aromatic carbocycles.